The average Bonchev–Trinajstić information content (AvgIpc) is 2.28. The highest BCUT2D eigenvalue weighted by molar-refractivity contribution is 7.98. The van der Waals surface area contributed by atoms with Gasteiger partial charge in [-0.1, -0.05) is 17.3 Å². The maximum Gasteiger partial charge on any atom is 0.309 e. The third-order valence-corrected chi connectivity index (χ3v) is 2.63. The van der Waals surface area contributed by atoms with Gasteiger partial charge in [-0.05, 0) is 24.0 Å². The number of esters is 1. The van der Waals surface area contributed by atoms with Gasteiger partial charge in [-0.15, -0.1) is 11.8 Å². The molecular formula is C11H13NO3S. The van der Waals surface area contributed by atoms with Gasteiger partial charge < -0.3 is 9.94 Å². The van der Waals surface area contributed by atoms with Crippen LogP contribution in [0.5, 0.6) is 0 Å². The van der Waals surface area contributed by atoms with Crippen molar-refractivity contribution in [2.24, 2.45) is 5.16 Å². The minimum Gasteiger partial charge on any atom is -0.408 e. The Morgan fingerprint density at radius 1 is 1.44 bits per heavy atom. The molecular weight excluding hydrogens is 226 g/mol. The maximum absolute atomic E-state index is 10.7. The van der Waals surface area contributed by atoms with E-state index in [1.54, 1.807) is 11.8 Å². The van der Waals surface area contributed by atoms with Gasteiger partial charge in [0.05, 0.1) is 6.42 Å². The Balaban J connectivity index is 2.67. The number of carbonyl (C=O) groups is 1. The molecule has 1 N–H and O–H groups in total. The second-order valence-corrected chi connectivity index (χ2v) is 3.99. The molecule has 0 atom stereocenters. The van der Waals surface area contributed by atoms with Crippen LogP contribution in [0.25, 0.3) is 0 Å². The quantitative estimate of drug-likeness (QED) is 0.219. The van der Waals surface area contributed by atoms with Crippen LogP contribution in [0.4, 0.5) is 0 Å². The van der Waals surface area contributed by atoms with E-state index in [2.05, 4.69) is 5.16 Å². The lowest BCUT2D eigenvalue weighted by Crippen LogP contribution is -2.12. The standard InChI is InChI=1S/C11H13NO3S/c1-8(13)15-11(12-14)7-9-3-5-10(16-2)6-4-9/h3-6,14H,7H2,1-2H3. The number of benzene rings is 1. The molecule has 1 aromatic carbocycles. The van der Waals surface area contributed by atoms with Crippen molar-refractivity contribution in [3.05, 3.63) is 29.8 Å². The average molecular weight is 239 g/mol. The Bertz CT molecular complexity index is 387. The third-order valence-electron chi connectivity index (χ3n) is 1.89. The third kappa shape index (κ3) is 3.94. The van der Waals surface area contributed by atoms with Crippen molar-refractivity contribution in [1.82, 2.24) is 0 Å². The number of oxime groups is 1. The molecule has 0 saturated heterocycles. The highest BCUT2D eigenvalue weighted by atomic mass is 32.2. The highest BCUT2D eigenvalue weighted by Crippen LogP contribution is 2.15. The van der Waals surface area contributed by atoms with E-state index in [4.69, 9.17) is 9.94 Å². The van der Waals surface area contributed by atoms with Gasteiger partial charge in [-0.25, -0.2) is 0 Å². The summed E-state index contributed by atoms with van der Waals surface area (Å²) < 4.78 is 4.72. The van der Waals surface area contributed by atoms with Crippen LogP contribution in [0.2, 0.25) is 0 Å². The molecule has 0 fully saturated rings. The van der Waals surface area contributed by atoms with E-state index in [1.807, 2.05) is 30.5 Å². The summed E-state index contributed by atoms with van der Waals surface area (Å²) in [7, 11) is 0. The van der Waals surface area contributed by atoms with Crippen LogP contribution in [0.3, 0.4) is 0 Å². The van der Waals surface area contributed by atoms with E-state index >= 15 is 0 Å². The molecule has 0 aromatic heterocycles. The fraction of sp³-hybridized carbons (Fsp3) is 0.273. The van der Waals surface area contributed by atoms with E-state index in [0.29, 0.717) is 6.42 Å². The molecule has 0 radical (unpaired) electrons. The molecule has 0 aliphatic carbocycles. The van der Waals surface area contributed by atoms with Crippen molar-refractivity contribution < 1.29 is 14.7 Å². The first-order valence-corrected chi connectivity index (χ1v) is 5.90. The van der Waals surface area contributed by atoms with Crippen molar-refractivity contribution in [2.75, 3.05) is 6.26 Å². The molecule has 0 saturated carbocycles. The van der Waals surface area contributed by atoms with Crippen molar-refractivity contribution >= 4 is 23.6 Å². The van der Waals surface area contributed by atoms with Crippen molar-refractivity contribution in [3.8, 4) is 0 Å². The van der Waals surface area contributed by atoms with Crippen molar-refractivity contribution in [1.29, 1.82) is 0 Å². The Labute approximate surface area is 98.3 Å². The minimum atomic E-state index is -0.492. The molecule has 0 unspecified atom stereocenters. The molecule has 5 heteroatoms. The molecule has 0 bridgehead atoms. The van der Waals surface area contributed by atoms with Crippen LogP contribution >= 0.6 is 11.8 Å². The molecule has 16 heavy (non-hydrogen) atoms. The summed E-state index contributed by atoms with van der Waals surface area (Å²) in [4.78, 5) is 11.8. The molecule has 0 aliphatic heterocycles. The van der Waals surface area contributed by atoms with Crippen LogP contribution in [-0.4, -0.2) is 23.3 Å². The number of nitrogens with zero attached hydrogens (tertiary/aromatic N) is 1. The summed E-state index contributed by atoms with van der Waals surface area (Å²) in [5.41, 5.74) is 0.923. The summed E-state index contributed by atoms with van der Waals surface area (Å²) in [5.74, 6) is -0.488. The largest absolute Gasteiger partial charge is 0.408 e. The van der Waals surface area contributed by atoms with Crippen molar-refractivity contribution in [2.45, 2.75) is 18.2 Å². The van der Waals surface area contributed by atoms with Gasteiger partial charge in [0.25, 0.3) is 0 Å². The Hall–Kier alpha value is -1.49. The zero-order valence-corrected chi connectivity index (χ0v) is 9.95. The number of ether oxygens (including phenoxy) is 1. The lowest BCUT2D eigenvalue weighted by molar-refractivity contribution is -0.133. The lowest BCUT2D eigenvalue weighted by Gasteiger charge is -2.04. The van der Waals surface area contributed by atoms with Crippen LogP contribution in [0.15, 0.2) is 34.3 Å². The molecule has 0 spiro atoms. The minimum absolute atomic E-state index is 0.00408. The van der Waals surface area contributed by atoms with Gasteiger partial charge in [-0.2, -0.15) is 0 Å². The summed E-state index contributed by atoms with van der Waals surface area (Å²) in [6.45, 7) is 1.27. The van der Waals surface area contributed by atoms with E-state index in [-0.39, 0.29) is 5.90 Å². The van der Waals surface area contributed by atoms with E-state index in [0.717, 1.165) is 10.5 Å². The van der Waals surface area contributed by atoms with E-state index < -0.39 is 5.97 Å². The summed E-state index contributed by atoms with van der Waals surface area (Å²) in [6, 6.07) is 7.73. The zero-order chi connectivity index (χ0) is 12.0. The van der Waals surface area contributed by atoms with Crippen LogP contribution in [0, 0.1) is 0 Å². The van der Waals surface area contributed by atoms with Gasteiger partial charge in [-0.3, -0.25) is 4.79 Å². The molecule has 1 rings (SSSR count). The smallest absolute Gasteiger partial charge is 0.309 e. The normalized spacial score (nSPS) is 11.2. The van der Waals surface area contributed by atoms with Gasteiger partial charge in [0.15, 0.2) is 0 Å². The molecule has 1 aromatic rings. The Kier molecular flexibility index (Phi) is 4.85. The van der Waals surface area contributed by atoms with Crippen LogP contribution < -0.4 is 0 Å². The first-order valence-electron chi connectivity index (χ1n) is 4.68. The number of carbonyl (C=O) groups excluding carboxylic acids is 1. The van der Waals surface area contributed by atoms with E-state index in [9.17, 15) is 4.79 Å². The fourth-order valence-corrected chi connectivity index (χ4v) is 1.58. The number of thioether (sulfide) groups is 1. The molecule has 0 amide bonds. The van der Waals surface area contributed by atoms with Crippen LogP contribution in [-0.2, 0) is 16.0 Å². The molecule has 4 nitrogen and oxygen atoms in total. The second kappa shape index (κ2) is 6.17. The molecule has 0 aliphatic rings. The van der Waals surface area contributed by atoms with E-state index in [1.165, 1.54) is 6.92 Å². The van der Waals surface area contributed by atoms with Gasteiger partial charge in [0.1, 0.15) is 0 Å². The maximum atomic E-state index is 10.7. The van der Waals surface area contributed by atoms with Gasteiger partial charge in [0.2, 0.25) is 5.90 Å². The monoisotopic (exact) mass is 239 g/mol. The first-order chi connectivity index (χ1) is 7.65. The summed E-state index contributed by atoms with van der Waals surface area (Å²) in [5, 5.41) is 11.6. The summed E-state index contributed by atoms with van der Waals surface area (Å²) in [6.07, 6.45) is 2.29. The Morgan fingerprint density at radius 2 is 2.06 bits per heavy atom. The fourth-order valence-electron chi connectivity index (χ4n) is 1.18. The van der Waals surface area contributed by atoms with Gasteiger partial charge >= 0.3 is 5.97 Å². The first kappa shape index (κ1) is 12.6. The Morgan fingerprint density at radius 3 is 2.50 bits per heavy atom. The van der Waals surface area contributed by atoms with Gasteiger partial charge in [0, 0.05) is 11.8 Å². The predicted molar refractivity (Wildman–Crippen MR) is 62.9 cm³/mol. The topological polar surface area (TPSA) is 58.9 Å². The molecule has 0 heterocycles. The SMILES string of the molecule is CSc1ccc(CC(=NO)OC(C)=O)cc1. The summed E-state index contributed by atoms with van der Waals surface area (Å²) >= 11 is 1.65. The molecule has 86 valence electrons. The number of hydrogen-bond donors (Lipinski definition) is 1. The highest BCUT2D eigenvalue weighted by Gasteiger charge is 2.06. The number of rotatable bonds is 3. The van der Waals surface area contributed by atoms with Crippen LogP contribution in [0.1, 0.15) is 12.5 Å². The second-order valence-electron chi connectivity index (χ2n) is 3.11. The van der Waals surface area contributed by atoms with Crippen molar-refractivity contribution in [3.63, 3.8) is 0 Å². The zero-order valence-electron chi connectivity index (χ0n) is 9.14. The number of hydrogen-bond acceptors (Lipinski definition) is 5. The lowest BCUT2D eigenvalue weighted by atomic mass is 10.1. The predicted octanol–water partition coefficient (Wildman–Crippen LogP) is 2.30.